The zero-order valence-corrected chi connectivity index (χ0v) is 9.71. The van der Waals surface area contributed by atoms with E-state index in [-0.39, 0.29) is 5.91 Å². The van der Waals surface area contributed by atoms with Crippen LogP contribution in [0.15, 0.2) is 30.6 Å². The fourth-order valence-electron chi connectivity index (χ4n) is 1.14. The standard InChI is InChI=1S/C12H14N2O3/c1-9(12(16)17-2)14-11(15)6-5-10-4-3-7-13-8-10/h3-9H,1-2H3,(H,14,15). The average Bonchev–Trinajstić information content (AvgIpc) is 2.36. The third-order valence-corrected chi connectivity index (χ3v) is 2.03. The molecule has 1 rings (SSSR count). The number of pyridine rings is 1. The highest BCUT2D eigenvalue weighted by Crippen LogP contribution is 1.98. The number of nitrogens with zero attached hydrogens (tertiary/aromatic N) is 1. The SMILES string of the molecule is COC(=O)C(C)NC(=O)C=Cc1cccnc1. The molecule has 0 fully saturated rings. The van der Waals surface area contributed by atoms with Crippen molar-refractivity contribution in [2.75, 3.05) is 7.11 Å². The summed E-state index contributed by atoms with van der Waals surface area (Å²) in [5.74, 6) is -0.833. The lowest BCUT2D eigenvalue weighted by Gasteiger charge is -2.09. The molecular formula is C12H14N2O3. The van der Waals surface area contributed by atoms with Gasteiger partial charge in [-0.05, 0) is 24.6 Å². The van der Waals surface area contributed by atoms with Crippen molar-refractivity contribution in [3.63, 3.8) is 0 Å². The topological polar surface area (TPSA) is 68.3 Å². The van der Waals surface area contributed by atoms with Crippen molar-refractivity contribution < 1.29 is 14.3 Å². The van der Waals surface area contributed by atoms with Crippen LogP contribution in [0, 0.1) is 0 Å². The second kappa shape index (κ2) is 6.42. The molecule has 1 N–H and O–H groups in total. The molecule has 0 bridgehead atoms. The van der Waals surface area contributed by atoms with Crippen molar-refractivity contribution in [3.05, 3.63) is 36.2 Å². The number of methoxy groups -OCH3 is 1. The Morgan fingerprint density at radius 1 is 1.53 bits per heavy atom. The molecule has 5 heteroatoms. The molecule has 1 unspecified atom stereocenters. The van der Waals surface area contributed by atoms with Gasteiger partial charge in [-0.15, -0.1) is 0 Å². The Bertz CT molecular complexity index is 415. The number of amides is 1. The number of ether oxygens (including phenoxy) is 1. The summed E-state index contributed by atoms with van der Waals surface area (Å²) >= 11 is 0. The zero-order chi connectivity index (χ0) is 12.7. The van der Waals surface area contributed by atoms with Crippen LogP contribution in [-0.4, -0.2) is 30.0 Å². The number of carbonyl (C=O) groups is 2. The van der Waals surface area contributed by atoms with Crippen molar-refractivity contribution in [3.8, 4) is 0 Å². The van der Waals surface area contributed by atoms with Crippen LogP contribution < -0.4 is 5.32 Å². The van der Waals surface area contributed by atoms with Crippen molar-refractivity contribution in [1.29, 1.82) is 0 Å². The smallest absolute Gasteiger partial charge is 0.328 e. The van der Waals surface area contributed by atoms with Crippen LogP contribution in [-0.2, 0) is 14.3 Å². The van der Waals surface area contributed by atoms with Crippen LogP contribution in [0.25, 0.3) is 6.08 Å². The van der Waals surface area contributed by atoms with E-state index in [2.05, 4.69) is 15.0 Å². The van der Waals surface area contributed by atoms with Gasteiger partial charge < -0.3 is 10.1 Å². The van der Waals surface area contributed by atoms with E-state index in [1.807, 2.05) is 6.07 Å². The molecule has 0 aromatic carbocycles. The summed E-state index contributed by atoms with van der Waals surface area (Å²) in [5.41, 5.74) is 0.813. The summed E-state index contributed by atoms with van der Waals surface area (Å²) < 4.78 is 4.49. The lowest BCUT2D eigenvalue weighted by molar-refractivity contribution is -0.144. The number of nitrogens with one attached hydrogen (secondary N) is 1. The highest BCUT2D eigenvalue weighted by molar-refractivity contribution is 5.94. The number of carbonyl (C=O) groups excluding carboxylic acids is 2. The van der Waals surface area contributed by atoms with Gasteiger partial charge in [0.25, 0.3) is 0 Å². The van der Waals surface area contributed by atoms with E-state index in [1.165, 1.54) is 13.2 Å². The molecule has 1 aromatic rings. The number of aromatic nitrogens is 1. The fourth-order valence-corrected chi connectivity index (χ4v) is 1.14. The third kappa shape index (κ3) is 4.46. The molecule has 1 heterocycles. The Hall–Kier alpha value is -2.17. The third-order valence-electron chi connectivity index (χ3n) is 2.03. The maximum Gasteiger partial charge on any atom is 0.328 e. The molecule has 0 saturated heterocycles. The summed E-state index contributed by atoms with van der Waals surface area (Å²) in [6.07, 6.45) is 6.24. The van der Waals surface area contributed by atoms with E-state index >= 15 is 0 Å². The normalized spacial score (nSPS) is 12.1. The first-order chi connectivity index (χ1) is 8.13. The van der Waals surface area contributed by atoms with Crippen LogP contribution in [0.5, 0.6) is 0 Å². The molecule has 5 nitrogen and oxygen atoms in total. The van der Waals surface area contributed by atoms with Gasteiger partial charge in [-0.1, -0.05) is 6.07 Å². The fraction of sp³-hybridized carbons (Fsp3) is 0.250. The molecule has 0 aliphatic heterocycles. The number of hydrogen-bond donors (Lipinski definition) is 1. The van der Waals surface area contributed by atoms with Gasteiger partial charge in [-0.3, -0.25) is 9.78 Å². The minimum absolute atomic E-state index is 0.355. The molecule has 0 aliphatic rings. The van der Waals surface area contributed by atoms with Crippen LogP contribution in [0.1, 0.15) is 12.5 Å². The predicted octanol–water partition coefficient (Wildman–Crippen LogP) is 0.772. The van der Waals surface area contributed by atoms with Gasteiger partial charge in [-0.25, -0.2) is 4.79 Å². The molecule has 1 atom stereocenters. The predicted molar refractivity (Wildman–Crippen MR) is 62.9 cm³/mol. The Morgan fingerprint density at radius 3 is 2.88 bits per heavy atom. The molecule has 0 saturated carbocycles. The molecule has 0 spiro atoms. The molecule has 1 amide bonds. The van der Waals surface area contributed by atoms with Gasteiger partial charge in [0.1, 0.15) is 6.04 Å². The summed E-state index contributed by atoms with van der Waals surface area (Å²) in [5, 5.41) is 2.48. The Labute approximate surface area is 99.5 Å². The van der Waals surface area contributed by atoms with Crippen molar-refractivity contribution in [2.45, 2.75) is 13.0 Å². The summed E-state index contributed by atoms with van der Waals surface area (Å²) in [7, 11) is 1.27. The minimum atomic E-state index is -0.661. The Kier molecular flexibility index (Phi) is 4.87. The summed E-state index contributed by atoms with van der Waals surface area (Å²) in [6, 6.07) is 2.93. The second-order valence-electron chi connectivity index (χ2n) is 3.37. The molecule has 17 heavy (non-hydrogen) atoms. The van der Waals surface area contributed by atoms with Crippen molar-refractivity contribution in [1.82, 2.24) is 10.3 Å². The maximum atomic E-state index is 11.4. The number of hydrogen-bond acceptors (Lipinski definition) is 4. The van der Waals surface area contributed by atoms with Crippen LogP contribution >= 0.6 is 0 Å². The lowest BCUT2D eigenvalue weighted by Crippen LogP contribution is -2.38. The minimum Gasteiger partial charge on any atom is -0.467 e. The quantitative estimate of drug-likeness (QED) is 0.617. The maximum absolute atomic E-state index is 11.4. The van der Waals surface area contributed by atoms with E-state index in [4.69, 9.17) is 0 Å². The van der Waals surface area contributed by atoms with E-state index in [1.54, 1.807) is 31.5 Å². The van der Waals surface area contributed by atoms with Gasteiger partial charge in [0.05, 0.1) is 7.11 Å². The van der Waals surface area contributed by atoms with Gasteiger partial charge in [-0.2, -0.15) is 0 Å². The first kappa shape index (κ1) is 12.9. The molecular weight excluding hydrogens is 220 g/mol. The van der Waals surface area contributed by atoms with E-state index in [0.29, 0.717) is 0 Å². The van der Waals surface area contributed by atoms with Crippen LogP contribution in [0.3, 0.4) is 0 Å². The Morgan fingerprint density at radius 2 is 2.29 bits per heavy atom. The summed E-state index contributed by atoms with van der Waals surface area (Å²) in [4.78, 5) is 26.4. The second-order valence-corrected chi connectivity index (χ2v) is 3.37. The van der Waals surface area contributed by atoms with E-state index in [9.17, 15) is 9.59 Å². The highest BCUT2D eigenvalue weighted by Gasteiger charge is 2.13. The summed E-state index contributed by atoms with van der Waals surface area (Å²) in [6.45, 7) is 1.56. The highest BCUT2D eigenvalue weighted by atomic mass is 16.5. The molecule has 0 aliphatic carbocycles. The lowest BCUT2D eigenvalue weighted by atomic mass is 10.2. The van der Waals surface area contributed by atoms with Crippen LogP contribution in [0.4, 0.5) is 0 Å². The Balaban J connectivity index is 2.50. The van der Waals surface area contributed by atoms with Crippen molar-refractivity contribution in [2.24, 2.45) is 0 Å². The van der Waals surface area contributed by atoms with Gasteiger partial charge >= 0.3 is 5.97 Å². The van der Waals surface area contributed by atoms with Gasteiger partial charge in [0.2, 0.25) is 5.91 Å². The zero-order valence-electron chi connectivity index (χ0n) is 9.71. The van der Waals surface area contributed by atoms with Gasteiger partial charge in [0, 0.05) is 18.5 Å². The first-order valence-electron chi connectivity index (χ1n) is 5.10. The molecule has 1 aromatic heterocycles. The monoisotopic (exact) mass is 234 g/mol. The number of esters is 1. The van der Waals surface area contributed by atoms with E-state index in [0.717, 1.165) is 5.56 Å². The number of rotatable bonds is 4. The van der Waals surface area contributed by atoms with Crippen LogP contribution in [0.2, 0.25) is 0 Å². The molecule has 0 radical (unpaired) electrons. The van der Waals surface area contributed by atoms with E-state index < -0.39 is 12.0 Å². The van der Waals surface area contributed by atoms with Gasteiger partial charge in [0.15, 0.2) is 0 Å². The largest absolute Gasteiger partial charge is 0.467 e. The first-order valence-corrected chi connectivity index (χ1v) is 5.10. The molecule has 90 valence electrons. The average molecular weight is 234 g/mol. The van der Waals surface area contributed by atoms with Crippen molar-refractivity contribution >= 4 is 18.0 Å².